The lowest BCUT2D eigenvalue weighted by Crippen LogP contribution is -2.60. The van der Waals surface area contributed by atoms with Crippen molar-refractivity contribution >= 4 is 5.91 Å². The Morgan fingerprint density at radius 1 is 1.47 bits per heavy atom. The van der Waals surface area contributed by atoms with Gasteiger partial charge in [-0.2, -0.15) is 0 Å². The van der Waals surface area contributed by atoms with E-state index >= 15 is 0 Å². The summed E-state index contributed by atoms with van der Waals surface area (Å²) in [4.78, 5) is 13.9. The minimum Gasteiger partial charge on any atom is -0.351 e. The molecule has 86 valence electrons. The van der Waals surface area contributed by atoms with Gasteiger partial charge in [-0.05, 0) is 25.3 Å². The van der Waals surface area contributed by atoms with E-state index in [1.165, 1.54) is 12.8 Å². The average molecular weight is 211 g/mol. The van der Waals surface area contributed by atoms with Crippen molar-refractivity contribution < 1.29 is 4.79 Å². The second-order valence-corrected chi connectivity index (χ2v) is 4.96. The van der Waals surface area contributed by atoms with Gasteiger partial charge in [0.25, 0.3) is 0 Å². The zero-order valence-electron chi connectivity index (χ0n) is 9.62. The molecule has 0 aromatic rings. The summed E-state index contributed by atoms with van der Waals surface area (Å²) in [6.07, 6.45) is 2.84. The maximum Gasteiger partial charge on any atom is 0.234 e. The van der Waals surface area contributed by atoms with Gasteiger partial charge in [0, 0.05) is 12.6 Å². The Balaban J connectivity index is 1.96. The summed E-state index contributed by atoms with van der Waals surface area (Å²) in [6.45, 7) is 6.96. The number of nitrogens with zero attached hydrogens (tertiary/aromatic N) is 1. The molecule has 0 radical (unpaired) electrons. The Hall–Kier alpha value is -0.610. The Bertz CT molecular complexity index is 236. The summed E-state index contributed by atoms with van der Waals surface area (Å²) in [5, 5.41) is 6.51. The SMILES string of the molecule is CC(C)C1CN(C2CCCN2)CC(=O)N1. The first kappa shape index (κ1) is 10.9. The van der Waals surface area contributed by atoms with Crippen LogP contribution in [-0.2, 0) is 4.79 Å². The van der Waals surface area contributed by atoms with Crippen LogP contribution < -0.4 is 10.6 Å². The molecule has 2 rings (SSSR count). The number of amides is 1. The molecule has 2 unspecified atom stereocenters. The summed E-state index contributed by atoms with van der Waals surface area (Å²) >= 11 is 0. The van der Waals surface area contributed by atoms with Crippen molar-refractivity contribution in [1.82, 2.24) is 15.5 Å². The molecule has 0 saturated carbocycles. The Kier molecular flexibility index (Phi) is 3.26. The van der Waals surface area contributed by atoms with Gasteiger partial charge in [0.05, 0.1) is 12.7 Å². The zero-order chi connectivity index (χ0) is 10.8. The summed E-state index contributed by atoms with van der Waals surface area (Å²) in [5.41, 5.74) is 0. The molecule has 2 fully saturated rings. The van der Waals surface area contributed by atoms with Crippen LogP contribution in [0.3, 0.4) is 0 Å². The van der Waals surface area contributed by atoms with Gasteiger partial charge in [-0.1, -0.05) is 13.8 Å². The molecule has 0 bridgehead atoms. The molecule has 0 spiro atoms. The van der Waals surface area contributed by atoms with Gasteiger partial charge in [0.15, 0.2) is 0 Å². The Morgan fingerprint density at radius 3 is 2.87 bits per heavy atom. The lowest BCUT2D eigenvalue weighted by molar-refractivity contribution is -0.127. The highest BCUT2D eigenvalue weighted by molar-refractivity contribution is 5.79. The maximum absolute atomic E-state index is 11.6. The zero-order valence-corrected chi connectivity index (χ0v) is 9.62. The van der Waals surface area contributed by atoms with Crippen LogP contribution in [0.4, 0.5) is 0 Å². The highest BCUT2D eigenvalue weighted by Crippen LogP contribution is 2.15. The van der Waals surface area contributed by atoms with Crippen LogP contribution in [0.15, 0.2) is 0 Å². The number of hydrogen-bond donors (Lipinski definition) is 2. The maximum atomic E-state index is 11.6. The van der Waals surface area contributed by atoms with E-state index in [-0.39, 0.29) is 5.91 Å². The van der Waals surface area contributed by atoms with Crippen molar-refractivity contribution in [1.29, 1.82) is 0 Å². The topological polar surface area (TPSA) is 44.4 Å². The van der Waals surface area contributed by atoms with Crippen molar-refractivity contribution in [2.24, 2.45) is 5.92 Å². The average Bonchev–Trinajstić information content (AvgIpc) is 2.69. The van der Waals surface area contributed by atoms with Gasteiger partial charge in [0.2, 0.25) is 5.91 Å². The summed E-state index contributed by atoms with van der Waals surface area (Å²) in [5.74, 6) is 0.687. The first-order valence-corrected chi connectivity index (χ1v) is 5.93. The van der Waals surface area contributed by atoms with Crippen LogP contribution in [0.5, 0.6) is 0 Å². The van der Waals surface area contributed by atoms with Crippen LogP contribution >= 0.6 is 0 Å². The van der Waals surface area contributed by atoms with Gasteiger partial charge < -0.3 is 10.6 Å². The van der Waals surface area contributed by atoms with Gasteiger partial charge >= 0.3 is 0 Å². The van der Waals surface area contributed by atoms with E-state index in [9.17, 15) is 4.79 Å². The molecule has 4 nitrogen and oxygen atoms in total. The molecule has 2 saturated heterocycles. The lowest BCUT2D eigenvalue weighted by Gasteiger charge is -2.38. The number of piperazine rings is 1. The third-order valence-corrected chi connectivity index (χ3v) is 3.40. The molecule has 2 aliphatic heterocycles. The van der Waals surface area contributed by atoms with Crippen LogP contribution in [0.25, 0.3) is 0 Å². The molecular formula is C11H21N3O. The molecule has 2 atom stereocenters. The molecule has 2 aliphatic rings. The number of rotatable bonds is 2. The van der Waals surface area contributed by atoms with Crippen molar-refractivity contribution in [3.63, 3.8) is 0 Å². The normalized spacial score (nSPS) is 33.4. The van der Waals surface area contributed by atoms with Gasteiger partial charge in [0.1, 0.15) is 0 Å². The predicted octanol–water partition coefficient (Wildman–Crippen LogP) is 0.152. The van der Waals surface area contributed by atoms with Crippen LogP contribution in [0.1, 0.15) is 26.7 Å². The first-order valence-electron chi connectivity index (χ1n) is 5.93. The minimum absolute atomic E-state index is 0.175. The Morgan fingerprint density at radius 2 is 2.27 bits per heavy atom. The second-order valence-electron chi connectivity index (χ2n) is 4.96. The van der Waals surface area contributed by atoms with E-state index < -0.39 is 0 Å². The van der Waals surface area contributed by atoms with Crippen molar-refractivity contribution in [3.8, 4) is 0 Å². The van der Waals surface area contributed by atoms with Crippen molar-refractivity contribution in [2.75, 3.05) is 19.6 Å². The molecule has 0 aliphatic carbocycles. The van der Waals surface area contributed by atoms with E-state index in [0.717, 1.165) is 13.1 Å². The standard InChI is InChI=1S/C11H21N3O/c1-8(2)9-6-14(7-11(15)13-9)10-4-3-5-12-10/h8-10,12H,3-7H2,1-2H3,(H,13,15). The molecule has 1 amide bonds. The van der Waals surface area contributed by atoms with E-state index in [0.29, 0.717) is 24.7 Å². The molecular weight excluding hydrogens is 190 g/mol. The van der Waals surface area contributed by atoms with Crippen molar-refractivity contribution in [3.05, 3.63) is 0 Å². The van der Waals surface area contributed by atoms with Gasteiger partial charge in [-0.25, -0.2) is 0 Å². The third-order valence-electron chi connectivity index (χ3n) is 3.40. The molecule has 15 heavy (non-hydrogen) atoms. The molecule has 2 heterocycles. The summed E-state index contributed by atoms with van der Waals surface area (Å²) in [7, 11) is 0. The largest absolute Gasteiger partial charge is 0.351 e. The fraction of sp³-hybridized carbons (Fsp3) is 0.909. The van der Waals surface area contributed by atoms with Crippen LogP contribution in [-0.4, -0.2) is 42.6 Å². The number of carbonyl (C=O) groups is 1. The monoisotopic (exact) mass is 211 g/mol. The van der Waals surface area contributed by atoms with E-state index in [1.807, 2.05) is 0 Å². The third kappa shape index (κ3) is 2.49. The fourth-order valence-electron chi connectivity index (χ4n) is 2.39. The minimum atomic E-state index is 0.175. The molecule has 0 aromatic carbocycles. The van der Waals surface area contributed by atoms with E-state index in [4.69, 9.17) is 0 Å². The summed E-state index contributed by atoms with van der Waals surface area (Å²) in [6, 6.07) is 0.314. The number of carbonyl (C=O) groups excluding carboxylic acids is 1. The summed E-state index contributed by atoms with van der Waals surface area (Å²) < 4.78 is 0. The Labute approximate surface area is 91.4 Å². The van der Waals surface area contributed by atoms with Crippen LogP contribution in [0, 0.1) is 5.92 Å². The predicted molar refractivity (Wildman–Crippen MR) is 59.4 cm³/mol. The quantitative estimate of drug-likeness (QED) is 0.683. The van der Waals surface area contributed by atoms with E-state index in [1.54, 1.807) is 0 Å². The van der Waals surface area contributed by atoms with Crippen molar-refractivity contribution in [2.45, 2.75) is 38.9 Å². The number of nitrogens with one attached hydrogen (secondary N) is 2. The second kappa shape index (κ2) is 4.49. The van der Waals surface area contributed by atoms with Gasteiger partial charge in [-0.3, -0.25) is 9.69 Å². The lowest BCUT2D eigenvalue weighted by atomic mass is 10.0. The molecule has 2 N–H and O–H groups in total. The first-order chi connectivity index (χ1) is 7.16. The fourth-order valence-corrected chi connectivity index (χ4v) is 2.39. The van der Waals surface area contributed by atoms with E-state index in [2.05, 4.69) is 29.4 Å². The highest BCUT2D eigenvalue weighted by Gasteiger charge is 2.31. The highest BCUT2D eigenvalue weighted by atomic mass is 16.2. The van der Waals surface area contributed by atoms with Crippen LogP contribution in [0.2, 0.25) is 0 Å². The molecule has 0 aromatic heterocycles. The van der Waals surface area contributed by atoms with Gasteiger partial charge in [-0.15, -0.1) is 0 Å². The molecule has 4 heteroatoms. The smallest absolute Gasteiger partial charge is 0.234 e. The number of hydrogen-bond acceptors (Lipinski definition) is 3.